The molecule has 1 aliphatic carbocycles. The lowest BCUT2D eigenvalue weighted by Crippen LogP contribution is -1.99. The van der Waals surface area contributed by atoms with E-state index in [0.29, 0.717) is 5.02 Å². The Morgan fingerprint density at radius 3 is 2.12 bits per heavy atom. The van der Waals surface area contributed by atoms with E-state index >= 15 is 0 Å². The Hall–Kier alpha value is -2.97. The zero-order chi connectivity index (χ0) is 17.0. The van der Waals surface area contributed by atoms with Gasteiger partial charge >= 0.3 is 0 Å². The van der Waals surface area contributed by atoms with Crippen LogP contribution in [0.1, 0.15) is 15.9 Å². The second-order valence-electron chi connectivity index (χ2n) is 6.08. The molecule has 5 rings (SSSR count). The van der Waals surface area contributed by atoms with E-state index in [9.17, 15) is 4.79 Å². The summed E-state index contributed by atoms with van der Waals surface area (Å²) < 4.78 is 0. The van der Waals surface area contributed by atoms with Crippen molar-refractivity contribution in [3.8, 4) is 22.4 Å². The third-order valence-electron chi connectivity index (χ3n) is 4.69. The quantitative estimate of drug-likeness (QED) is 0.387. The molecule has 0 bridgehead atoms. The minimum atomic E-state index is 0.0532. The van der Waals surface area contributed by atoms with E-state index in [1.807, 2.05) is 72.8 Å². The molecule has 3 heteroatoms. The van der Waals surface area contributed by atoms with Crippen molar-refractivity contribution in [2.24, 2.45) is 0 Å². The molecule has 25 heavy (non-hydrogen) atoms. The third kappa shape index (κ3) is 1.98. The number of fused-ring (bicyclic) bond motifs is 5. The molecule has 3 aromatic carbocycles. The highest BCUT2D eigenvalue weighted by molar-refractivity contribution is 6.34. The predicted octanol–water partition coefficient (Wildman–Crippen LogP) is 5.77. The Kier molecular flexibility index (Phi) is 3.03. The van der Waals surface area contributed by atoms with Crippen molar-refractivity contribution in [2.45, 2.75) is 0 Å². The normalized spacial score (nSPS) is 12.3. The van der Waals surface area contributed by atoms with E-state index < -0.39 is 0 Å². The number of hydrogen-bond donors (Lipinski definition) is 0. The number of aromatic nitrogens is 1. The van der Waals surface area contributed by atoms with Crippen molar-refractivity contribution in [1.29, 1.82) is 0 Å². The van der Waals surface area contributed by atoms with Crippen LogP contribution in [0.4, 0.5) is 0 Å². The summed E-state index contributed by atoms with van der Waals surface area (Å²) in [5.74, 6) is 0.0532. The van der Waals surface area contributed by atoms with E-state index in [2.05, 4.69) is 0 Å². The molecule has 0 aliphatic heterocycles. The molecule has 0 fully saturated rings. The van der Waals surface area contributed by atoms with Gasteiger partial charge in [-0.3, -0.25) is 4.79 Å². The van der Waals surface area contributed by atoms with Crippen molar-refractivity contribution < 1.29 is 4.79 Å². The van der Waals surface area contributed by atoms with E-state index in [0.717, 1.165) is 44.4 Å². The topological polar surface area (TPSA) is 30.0 Å². The fraction of sp³-hybridized carbons (Fsp3) is 0. The van der Waals surface area contributed by atoms with Crippen LogP contribution in [0.3, 0.4) is 0 Å². The van der Waals surface area contributed by atoms with Crippen LogP contribution in [0, 0.1) is 0 Å². The van der Waals surface area contributed by atoms with Gasteiger partial charge in [0.25, 0.3) is 0 Å². The molecule has 118 valence electrons. The summed E-state index contributed by atoms with van der Waals surface area (Å²) in [5, 5.41) is 1.51. The number of pyridine rings is 1. The van der Waals surface area contributed by atoms with Gasteiger partial charge in [-0.2, -0.15) is 0 Å². The summed E-state index contributed by atoms with van der Waals surface area (Å²) >= 11 is 6.45. The maximum atomic E-state index is 13.1. The van der Waals surface area contributed by atoms with Crippen molar-refractivity contribution in [1.82, 2.24) is 4.98 Å². The lowest BCUT2D eigenvalue weighted by atomic mass is 9.96. The van der Waals surface area contributed by atoms with Crippen LogP contribution in [0.2, 0.25) is 5.02 Å². The number of rotatable bonds is 1. The average molecular weight is 342 g/mol. The van der Waals surface area contributed by atoms with E-state index in [4.69, 9.17) is 16.6 Å². The van der Waals surface area contributed by atoms with Gasteiger partial charge in [0.2, 0.25) is 0 Å². The van der Waals surface area contributed by atoms with Crippen LogP contribution in [-0.2, 0) is 0 Å². The van der Waals surface area contributed by atoms with Crippen LogP contribution in [0.25, 0.3) is 33.3 Å². The molecule has 0 atom stereocenters. The maximum Gasteiger partial charge on any atom is 0.195 e. The highest BCUT2D eigenvalue weighted by Crippen LogP contribution is 2.45. The molecular weight excluding hydrogens is 330 g/mol. The van der Waals surface area contributed by atoms with E-state index in [1.54, 1.807) is 0 Å². The van der Waals surface area contributed by atoms with Crippen molar-refractivity contribution in [2.75, 3.05) is 0 Å². The number of halogens is 1. The Balaban J connectivity index is 1.99. The van der Waals surface area contributed by atoms with Crippen LogP contribution >= 0.6 is 11.6 Å². The molecule has 0 unspecified atom stereocenters. The Labute approximate surface area is 149 Å². The average Bonchev–Trinajstić information content (AvgIpc) is 2.96. The minimum absolute atomic E-state index is 0.0532. The molecule has 0 saturated heterocycles. The number of benzene rings is 3. The Morgan fingerprint density at radius 2 is 1.32 bits per heavy atom. The van der Waals surface area contributed by atoms with Crippen LogP contribution < -0.4 is 0 Å². The highest BCUT2D eigenvalue weighted by atomic mass is 35.5. The van der Waals surface area contributed by atoms with Crippen molar-refractivity contribution in [3.63, 3.8) is 0 Å². The Bertz CT molecular complexity index is 1180. The number of carbonyl (C=O) groups is 1. The maximum absolute atomic E-state index is 13.1. The second-order valence-corrected chi connectivity index (χ2v) is 6.49. The third-order valence-corrected chi connectivity index (χ3v) is 5.02. The fourth-order valence-corrected chi connectivity index (χ4v) is 3.82. The van der Waals surface area contributed by atoms with Crippen molar-refractivity contribution >= 4 is 28.3 Å². The number of para-hydroxylation sites is 1. The van der Waals surface area contributed by atoms with Gasteiger partial charge in [-0.25, -0.2) is 4.98 Å². The summed E-state index contributed by atoms with van der Waals surface area (Å²) in [6, 6.07) is 23.1. The van der Waals surface area contributed by atoms with Gasteiger partial charge in [0.1, 0.15) is 0 Å². The van der Waals surface area contributed by atoms with Crippen LogP contribution in [0.5, 0.6) is 0 Å². The molecule has 0 saturated carbocycles. The van der Waals surface area contributed by atoms with E-state index in [-0.39, 0.29) is 5.78 Å². The lowest BCUT2D eigenvalue weighted by molar-refractivity contribution is 0.104. The summed E-state index contributed by atoms with van der Waals surface area (Å²) in [6.45, 7) is 0. The zero-order valence-electron chi connectivity index (χ0n) is 13.2. The predicted molar refractivity (Wildman–Crippen MR) is 101 cm³/mol. The first-order chi connectivity index (χ1) is 12.3. The summed E-state index contributed by atoms with van der Waals surface area (Å²) in [7, 11) is 0. The molecule has 1 heterocycles. The molecule has 1 aromatic heterocycles. The van der Waals surface area contributed by atoms with Gasteiger partial charge in [0.15, 0.2) is 5.78 Å². The molecule has 4 aromatic rings. The summed E-state index contributed by atoms with van der Waals surface area (Å²) in [4.78, 5) is 18.0. The summed E-state index contributed by atoms with van der Waals surface area (Å²) in [5.41, 5.74) is 5.67. The fourth-order valence-electron chi connectivity index (χ4n) is 3.59. The first kappa shape index (κ1) is 14.4. The van der Waals surface area contributed by atoms with E-state index in [1.165, 1.54) is 0 Å². The van der Waals surface area contributed by atoms with Crippen molar-refractivity contribution in [3.05, 3.63) is 88.9 Å². The van der Waals surface area contributed by atoms with Crippen LogP contribution in [0.15, 0.2) is 72.8 Å². The highest BCUT2D eigenvalue weighted by Gasteiger charge is 2.32. The monoisotopic (exact) mass is 341 g/mol. The van der Waals surface area contributed by atoms with Gasteiger partial charge in [0.05, 0.1) is 11.2 Å². The molecule has 0 amide bonds. The summed E-state index contributed by atoms with van der Waals surface area (Å²) in [6.07, 6.45) is 0. The van der Waals surface area contributed by atoms with Gasteiger partial charge in [0, 0.05) is 32.7 Å². The number of carbonyl (C=O) groups excluding carboxylic acids is 1. The van der Waals surface area contributed by atoms with Gasteiger partial charge in [-0.15, -0.1) is 0 Å². The number of ketones is 1. The zero-order valence-corrected chi connectivity index (χ0v) is 13.9. The molecule has 0 N–H and O–H groups in total. The molecular formula is C22H12ClNO. The standard InChI is InChI=1S/C22H12ClNO/c23-17-11-5-3-9-15(17)21-19-13-7-1-2-8-14(13)22(25)20(19)16-10-4-6-12-18(16)24-21/h1-12H. The van der Waals surface area contributed by atoms with Gasteiger partial charge < -0.3 is 0 Å². The number of nitrogens with zero attached hydrogens (tertiary/aromatic N) is 1. The molecule has 2 nitrogen and oxygen atoms in total. The smallest absolute Gasteiger partial charge is 0.195 e. The first-order valence-electron chi connectivity index (χ1n) is 8.07. The SMILES string of the molecule is O=C1c2ccccc2-c2c(-c3ccccc3Cl)nc3ccccc3c21. The molecule has 0 spiro atoms. The Morgan fingerprint density at radius 1 is 0.680 bits per heavy atom. The second kappa shape index (κ2) is 5.27. The van der Waals surface area contributed by atoms with Crippen LogP contribution in [-0.4, -0.2) is 10.8 Å². The lowest BCUT2D eigenvalue weighted by Gasteiger charge is -2.12. The van der Waals surface area contributed by atoms with Gasteiger partial charge in [-0.1, -0.05) is 72.3 Å². The van der Waals surface area contributed by atoms with Gasteiger partial charge in [-0.05, 0) is 17.7 Å². The largest absolute Gasteiger partial charge is 0.289 e. The minimum Gasteiger partial charge on any atom is -0.289 e. The first-order valence-corrected chi connectivity index (χ1v) is 8.45. The number of hydrogen-bond acceptors (Lipinski definition) is 2. The molecule has 0 radical (unpaired) electrons. The molecule has 1 aliphatic rings.